The molecule has 0 fully saturated rings. The van der Waals surface area contributed by atoms with E-state index in [0.29, 0.717) is 0 Å². The van der Waals surface area contributed by atoms with Gasteiger partial charge < -0.3 is 9.47 Å². The highest BCUT2D eigenvalue weighted by Crippen LogP contribution is 2.24. The van der Waals surface area contributed by atoms with E-state index >= 15 is 0 Å². The summed E-state index contributed by atoms with van der Waals surface area (Å²) in [5.74, 6) is -3.65. The zero-order valence-electron chi connectivity index (χ0n) is 5.82. The molecule has 6 heteroatoms. The molecule has 0 amide bonds. The van der Waals surface area contributed by atoms with Gasteiger partial charge in [0.1, 0.15) is 13.4 Å². The molecular weight excluding hydrogens is 184 g/mol. The predicted octanol–water partition coefficient (Wildman–Crippen LogP) is 1.78. The van der Waals surface area contributed by atoms with Crippen molar-refractivity contribution in [1.82, 2.24) is 0 Å². The molecule has 0 rings (SSSR count). The van der Waals surface area contributed by atoms with Crippen LogP contribution in [0.25, 0.3) is 0 Å². The molecule has 0 saturated heterocycles. The van der Waals surface area contributed by atoms with Crippen LogP contribution in [-0.4, -0.2) is 32.1 Å². The second-order valence-electron chi connectivity index (χ2n) is 1.82. The summed E-state index contributed by atoms with van der Waals surface area (Å²) in [7, 11) is 1.27. The monoisotopic (exact) mass is 192 g/mol. The van der Waals surface area contributed by atoms with Crippen LogP contribution in [0.3, 0.4) is 0 Å². The lowest BCUT2D eigenvalue weighted by molar-refractivity contribution is -0.137. The average Bonchev–Trinajstić information content (AvgIpc) is 1.88. The van der Waals surface area contributed by atoms with E-state index in [1.807, 2.05) is 0 Å². The topological polar surface area (TPSA) is 18.5 Å². The fraction of sp³-hybridized carbons (Fsp3) is 1.00. The van der Waals surface area contributed by atoms with Crippen LogP contribution in [0.5, 0.6) is 0 Å². The molecule has 0 aromatic carbocycles. The third kappa shape index (κ3) is 4.44. The molecule has 1 unspecified atom stereocenters. The van der Waals surface area contributed by atoms with E-state index in [0.717, 1.165) is 0 Å². The summed E-state index contributed by atoms with van der Waals surface area (Å²) in [4.78, 5) is 0. The Bertz CT molecular complexity index is 110. The van der Waals surface area contributed by atoms with E-state index in [1.54, 1.807) is 0 Å². The SMILES string of the molecule is COCOCC(F)(F)C(F)Cl. The number of methoxy groups -OCH3 is 1. The van der Waals surface area contributed by atoms with E-state index in [1.165, 1.54) is 7.11 Å². The molecule has 0 N–H and O–H groups in total. The summed E-state index contributed by atoms with van der Waals surface area (Å²) in [6.45, 7) is -1.38. The van der Waals surface area contributed by atoms with Crippen molar-refractivity contribution in [2.45, 2.75) is 11.6 Å². The van der Waals surface area contributed by atoms with Crippen LogP contribution >= 0.6 is 11.6 Å². The summed E-state index contributed by atoms with van der Waals surface area (Å²) in [6.07, 6.45) is 0. The molecule has 68 valence electrons. The quantitative estimate of drug-likeness (QED) is 0.376. The van der Waals surface area contributed by atoms with Gasteiger partial charge in [-0.2, -0.15) is 8.78 Å². The molecule has 0 saturated carbocycles. The van der Waals surface area contributed by atoms with Gasteiger partial charge in [-0.3, -0.25) is 0 Å². The Morgan fingerprint density at radius 1 is 1.55 bits per heavy atom. The normalized spacial score (nSPS) is 15.0. The first-order valence-corrected chi connectivity index (χ1v) is 3.17. The third-order valence-electron chi connectivity index (χ3n) is 0.815. The molecule has 0 aromatic rings. The second kappa shape index (κ2) is 4.79. The first-order valence-electron chi connectivity index (χ1n) is 2.73. The largest absolute Gasteiger partial charge is 0.359 e. The first kappa shape index (κ1) is 11.0. The molecule has 0 radical (unpaired) electrons. The van der Waals surface area contributed by atoms with Gasteiger partial charge in [-0.1, -0.05) is 11.6 Å². The fourth-order valence-electron chi connectivity index (χ4n) is 0.324. The van der Waals surface area contributed by atoms with Gasteiger partial charge in [-0.05, 0) is 0 Å². The standard InChI is InChI=1S/C5H8ClF3O2/c1-10-3-11-2-5(8,9)4(6)7/h4H,2-3H2,1H3. The molecule has 0 aliphatic rings. The summed E-state index contributed by atoms with van der Waals surface area (Å²) >= 11 is 4.51. The molecular formula is C5H8ClF3O2. The molecule has 11 heavy (non-hydrogen) atoms. The van der Waals surface area contributed by atoms with Crippen molar-refractivity contribution in [3.05, 3.63) is 0 Å². The maximum Gasteiger partial charge on any atom is 0.315 e. The smallest absolute Gasteiger partial charge is 0.315 e. The van der Waals surface area contributed by atoms with Crippen molar-refractivity contribution in [3.8, 4) is 0 Å². The van der Waals surface area contributed by atoms with Crippen molar-refractivity contribution < 1.29 is 22.6 Å². The van der Waals surface area contributed by atoms with E-state index < -0.39 is 18.2 Å². The zero-order chi connectivity index (χ0) is 8.91. The van der Waals surface area contributed by atoms with Gasteiger partial charge in [-0.15, -0.1) is 0 Å². The second-order valence-corrected chi connectivity index (χ2v) is 2.20. The molecule has 0 aromatic heterocycles. The highest BCUT2D eigenvalue weighted by atomic mass is 35.5. The first-order chi connectivity index (χ1) is 5.00. The maximum absolute atomic E-state index is 12.2. The van der Waals surface area contributed by atoms with Crippen molar-refractivity contribution >= 4 is 11.6 Å². The van der Waals surface area contributed by atoms with Crippen molar-refractivity contribution in [2.75, 3.05) is 20.5 Å². The van der Waals surface area contributed by atoms with E-state index in [9.17, 15) is 13.2 Å². The number of halogens is 4. The Balaban J connectivity index is 3.55. The van der Waals surface area contributed by atoms with Crippen LogP contribution < -0.4 is 0 Å². The van der Waals surface area contributed by atoms with Gasteiger partial charge in [0.15, 0.2) is 0 Å². The van der Waals surface area contributed by atoms with Gasteiger partial charge in [0, 0.05) is 7.11 Å². The van der Waals surface area contributed by atoms with Crippen molar-refractivity contribution in [2.24, 2.45) is 0 Å². The fourth-order valence-corrected chi connectivity index (χ4v) is 0.387. The van der Waals surface area contributed by atoms with Gasteiger partial charge >= 0.3 is 5.92 Å². The summed E-state index contributed by atoms with van der Waals surface area (Å²) in [5.41, 5.74) is -2.72. The van der Waals surface area contributed by atoms with Crippen LogP contribution in [0, 0.1) is 0 Å². The van der Waals surface area contributed by atoms with Crippen LogP contribution in [-0.2, 0) is 9.47 Å². The van der Waals surface area contributed by atoms with Gasteiger partial charge in [-0.25, -0.2) is 4.39 Å². The van der Waals surface area contributed by atoms with Gasteiger partial charge in [0.05, 0.1) is 0 Å². The van der Waals surface area contributed by atoms with E-state index in [4.69, 9.17) is 0 Å². The lowest BCUT2D eigenvalue weighted by Gasteiger charge is -2.15. The summed E-state index contributed by atoms with van der Waals surface area (Å²) in [6, 6.07) is 0. The van der Waals surface area contributed by atoms with Crippen molar-refractivity contribution in [3.63, 3.8) is 0 Å². The summed E-state index contributed by atoms with van der Waals surface area (Å²) in [5, 5.41) is 0. The predicted molar refractivity (Wildman–Crippen MR) is 33.5 cm³/mol. The lowest BCUT2D eigenvalue weighted by atomic mass is 10.4. The van der Waals surface area contributed by atoms with Gasteiger partial charge in [0.2, 0.25) is 5.63 Å². The zero-order valence-corrected chi connectivity index (χ0v) is 6.58. The molecule has 1 atom stereocenters. The van der Waals surface area contributed by atoms with Crippen molar-refractivity contribution in [1.29, 1.82) is 0 Å². The van der Waals surface area contributed by atoms with Crippen LogP contribution in [0.15, 0.2) is 0 Å². The Morgan fingerprint density at radius 2 is 2.09 bits per heavy atom. The molecule has 0 aliphatic heterocycles. The van der Waals surface area contributed by atoms with E-state index in [-0.39, 0.29) is 6.79 Å². The minimum Gasteiger partial charge on any atom is -0.359 e. The molecule has 0 aliphatic carbocycles. The Hall–Kier alpha value is -0.0000000000000000555. The number of alkyl halides is 4. The Kier molecular flexibility index (Phi) is 4.79. The number of ether oxygens (including phenoxy) is 2. The van der Waals surface area contributed by atoms with E-state index in [2.05, 4.69) is 21.1 Å². The summed E-state index contributed by atoms with van der Waals surface area (Å²) < 4.78 is 44.7. The number of hydrogen-bond acceptors (Lipinski definition) is 2. The highest BCUT2D eigenvalue weighted by molar-refractivity contribution is 6.20. The molecule has 2 nitrogen and oxygen atoms in total. The third-order valence-corrected chi connectivity index (χ3v) is 1.13. The molecule has 0 heterocycles. The van der Waals surface area contributed by atoms with Gasteiger partial charge in [0.25, 0.3) is 0 Å². The average molecular weight is 193 g/mol. The Morgan fingerprint density at radius 3 is 2.45 bits per heavy atom. The van der Waals surface area contributed by atoms with Crippen LogP contribution in [0.4, 0.5) is 13.2 Å². The Labute approximate surface area is 67.2 Å². The lowest BCUT2D eigenvalue weighted by Crippen LogP contribution is -2.31. The molecule has 0 bridgehead atoms. The minimum absolute atomic E-state index is 0.306. The van der Waals surface area contributed by atoms with Crippen LogP contribution in [0.2, 0.25) is 0 Å². The number of rotatable bonds is 5. The molecule has 0 spiro atoms. The maximum atomic E-state index is 12.2. The number of hydrogen-bond donors (Lipinski definition) is 0. The highest BCUT2D eigenvalue weighted by Gasteiger charge is 2.39. The van der Waals surface area contributed by atoms with Crippen LogP contribution in [0.1, 0.15) is 0 Å². The minimum atomic E-state index is -3.65.